The van der Waals surface area contributed by atoms with E-state index in [-0.39, 0.29) is 12.6 Å². The van der Waals surface area contributed by atoms with Gasteiger partial charge in [-0.15, -0.1) is 0 Å². The normalized spacial score (nSPS) is 8.88. The quantitative estimate of drug-likeness (QED) is 0.575. The Balaban J connectivity index is 2.59. The Morgan fingerprint density at radius 2 is 2.12 bits per heavy atom. The van der Waals surface area contributed by atoms with Gasteiger partial charge in [0.15, 0.2) is 6.61 Å². The maximum absolute atomic E-state index is 10.8. The Hall–Kier alpha value is -1.95. The maximum atomic E-state index is 10.8. The highest BCUT2D eigenvalue weighted by molar-refractivity contribution is 5.69. The van der Waals surface area contributed by atoms with Crippen LogP contribution in [0.4, 0.5) is 0 Å². The lowest BCUT2D eigenvalue weighted by atomic mass is 10.2. The molecule has 0 amide bonds. The summed E-state index contributed by atoms with van der Waals surface area (Å²) >= 11 is 0. The number of benzene rings is 1. The summed E-state index contributed by atoms with van der Waals surface area (Å²) in [4.78, 5) is 10.8. The molecule has 0 fully saturated rings. The van der Waals surface area contributed by atoms with E-state index < -0.39 is 0 Å². The summed E-state index contributed by atoms with van der Waals surface area (Å²) in [5.74, 6) is 6.14. The Morgan fingerprint density at radius 3 is 2.81 bits per heavy atom. The molecule has 0 heterocycles. The number of methoxy groups -OCH3 is 1. The molecule has 1 rings (SSSR count). The molecule has 3 heteroatoms. The van der Waals surface area contributed by atoms with Gasteiger partial charge in [-0.05, 0) is 12.1 Å². The summed E-state index contributed by atoms with van der Waals surface area (Å²) in [7, 11) is 1.59. The van der Waals surface area contributed by atoms with Crippen molar-refractivity contribution >= 4 is 5.97 Å². The first kappa shape index (κ1) is 12.1. The van der Waals surface area contributed by atoms with Gasteiger partial charge in [0, 0.05) is 6.42 Å². The topological polar surface area (TPSA) is 35.5 Å². The fourth-order valence-corrected chi connectivity index (χ4v) is 1.10. The zero-order chi connectivity index (χ0) is 11.8. The van der Waals surface area contributed by atoms with Crippen molar-refractivity contribution in [3.05, 3.63) is 29.8 Å². The van der Waals surface area contributed by atoms with Crippen molar-refractivity contribution in [1.29, 1.82) is 0 Å². The fourth-order valence-electron chi connectivity index (χ4n) is 1.10. The monoisotopic (exact) mass is 218 g/mol. The lowest BCUT2D eigenvalue weighted by Gasteiger charge is -2.01. The standard InChI is InChI=1S/C13H14O3/c1-3-13(14)16-10-6-8-11-7-4-5-9-12(11)15-2/h4-5,7,9H,3,10H2,1-2H3. The molecule has 0 aliphatic rings. The molecular weight excluding hydrogens is 204 g/mol. The number of ether oxygens (including phenoxy) is 2. The molecule has 0 saturated carbocycles. The van der Waals surface area contributed by atoms with E-state index in [2.05, 4.69) is 11.8 Å². The van der Waals surface area contributed by atoms with E-state index in [1.165, 1.54) is 0 Å². The van der Waals surface area contributed by atoms with Crippen LogP contribution in [-0.4, -0.2) is 19.7 Å². The lowest BCUT2D eigenvalue weighted by molar-refractivity contribution is -0.141. The highest BCUT2D eigenvalue weighted by Crippen LogP contribution is 2.15. The third kappa shape index (κ3) is 3.66. The Bertz CT molecular complexity index is 413. The summed E-state index contributed by atoms with van der Waals surface area (Å²) in [6, 6.07) is 7.45. The summed E-state index contributed by atoms with van der Waals surface area (Å²) < 4.78 is 9.97. The molecule has 0 bridgehead atoms. The SMILES string of the molecule is CCC(=O)OCC#Cc1ccccc1OC. The summed E-state index contributed by atoms with van der Waals surface area (Å²) in [5.41, 5.74) is 0.789. The molecule has 0 unspecified atom stereocenters. The van der Waals surface area contributed by atoms with Crippen LogP contribution in [0.25, 0.3) is 0 Å². The second-order valence-corrected chi connectivity index (χ2v) is 3.02. The summed E-state index contributed by atoms with van der Waals surface area (Å²) in [5, 5.41) is 0. The molecule has 0 atom stereocenters. The molecular formula is C13H14O3. The molecule has 16 heavy (non-hydrogen) atoms. The first-order chi connectivity index (χ1) is 7.77. The molecule has 3 nitrogen and oxygen atoms in total. The zero-order valence-corrected chi connectivity index (χ0v) is 9.45. The van der Waals surface area contributed by atoms with Gasteiger partial charge in [-0.2, -0.15) is 0 Å². The van der Waals surface area contributed by atoms with Crippen LogP contribution >= 0.6 is 0 Å². The fraction of sp³-hybridized carbons (Fsp3) is 0.308. The highest BCUT2D eigenvalue weighted by atomic mass is 16.5. The van der Waals surface area contributed by atoms with Crippen molar-refractivity contribution in [2.75, 3.05) is 13.7 Å². The third-order valence-corrected chi connectivity index (χ3v) is 1.92. The van der Waals surface area contributed by atoms with Crippen LogP contribution in [-0.2, 0) is 9.53 Å². The van der Waals surface area contributed by atoms with Gasteiger partial charge in [0.2, 0.25) is 0 Å². The van der Waals surface area contributed by atoms with Crippen LogP contribution in [0.3, 0.4) is 0 Å². The molecule has 1 aromatic rings. The zero-order valence-electron chi connectivity index (χ0n) is 9.45. The van der Waals surface area contributed by atoms with Crippen LogP contribution < -0.4 is 4.74 Å². The Kier molecular flexibility index (Phi) is 4.94. The van der Waals surface area contributed by atoms with Crippen LogP contribution in [0.1, 0.15) is 18.9 Å². The van der Waals surface area contributed by atoms with Crippen LogP contribution in [0.2, 0.25) is 0 Å². The summed E-state index contributed by atoms with van der Waals surface area (Å²) in [6.07, 6.45) is 0.371. The minimum Gasteiger partial charge on any atom is -0.495 e. The molecule has 0 radical (unpaired) electrons. The van der Waals surface area contributed by atoms with E-state index >= 15 is 0 Å². The predicted octanol–water partition coefficient (Wildman–Crippen LogP) is 2.00. The lowest BCUT2D eigenvalue weighted by Crippen LogP contribution is -2.01. The van der Waals surface area contributed by atoms with Gasteiger partial charge in [-0.1, -0.05) is 30.9 Å². The minimum atomic E-state index is -0.241. The second-order valence-electron chi connectivity index (χ2n) is 3.02. The van der Waals surface area contributed by atoms with Gasteiger partial charge >= 0.3 is 5.97 Å². The molecule has 84 valence electrons. The van der Waals surface area contributed by atoms with E-state index in [9.17, 15) is 4.79 Å². The van der Waals surface area contributed by atoms with E-state index in [1.807, 2.05) is 24.3 Å². The van der Waals surface area contributed by atoms with Gasteiger partial charge in [-0.25, -0.2) is 0 Å². The van der Waals surface area contributed by atoms with E-state index in [1.54, 1.807) is 14.0 Å². The first-order valence-electron chi connectivity index (χ1n) is 5.05. The second kappa shape index (κ2) is 6.52. The van der Waals surface area contributed by atoms with Gasteiger partial charge < -0.3 is 9.47 Å². The number of rotatable bonds is 3. The van der Waals surface area contributed by atoms with Crippen molar-refractivity contribution in [2.24, 2.45) is 0 Å². The number of carbonyl (C=O) groups is 1. The number of hydrogen-bond acceptors (Lipinski definition) is 3. The van der Waals surface area contributed by atoms with Crippen molar-refractivity contribution in [1.82, 2.24) is 0 Å². The molecule has 0 aliphatic carbocycles. The van der Waals surface area contributed by atoms with E-state index in [0.717, 1.165) is 11.3 Å². The molecule has 0 spiro atoms. The highest BCUT2D eigenvalue weighted by Gasteiger charge is 1.97. The van der Waals surface area contributed by atoms with Gasteiger partial charge in [0.05, 0.1) is 12.7 Å². The molecule has 1 aromatic carbocycles. The third-order valence-electron chi connectivity index (χ3n) is 1.92. The number of hydrogen-bond donors (Lipinski definition) is 0. The van der Waals surface area contributed by atoms with Crippen molar-refractivity contribution in [2.45, 2.75) is 13.3 Å². The Labute approximate surface area is 95.4 Å². The van der Waals surface area contributed by atoms with E-state index in [0.29, 0.717) is 6.42 Å². The van der Waals surface area contributed by atoms with Crippen molar-refractivity contribution in [3.8, 4) is 17.6 Å². The first-order valence-corrected chi connectivity index (χ1v) is 5.05. The average Bonchev–Trinajstić information content (AvgIpc) is 2.34. The van der Waals surface area contributed by atoms with Crippen LogP contribution in [0, 0.1) is 11.8 Å². The van der Waals surface area contributed by atoms with Crippen molar-refractivity contribution in [3.63, 3.8) is 0 Å². The maximum Gasteiger partial charge on any atom is 0.306 e. The summed E-state index contributed by atoms with van der Waals surface area (Å²) in [6.45, 7) is 1.86. The number of carbonyl (C=O) groups excluding carboxylic acids is 1. The van der Waals surface area contributed by atoms with E-state index in [4.69, 9.17) is 9.47 Å². The molecule has 0 saturated heterocycles. The van der Waals surface area contributed by atoms with Gasteiger partial charge in [0.1, 0.15) is 5.75 Å². The molecule has 0 aromatic heterocycles. The van der Waals surface area contributed by atoms with Gasteiger partial charge in [-0.3, -0.25) is 4.79 Å². The van der Waals surface area contributed by atoms with Crippen LogP contribution in [0.5, 0.6) is 5.75 Å². The predicted molar refractivity (Wildman–Crippen MR) is 61.1 cm³/mol. The number of esters is 1. The largest absolute Gasteiger partial charge is 0.495 e. The number of para-hydroxylation sites is 1. The molecule has 0 N–H and O–H groups in total. The van der Waals surface area contributed by atoms with Gasteiger partial charge in [0.25, 0.3) is 0 Å². The molecule has 0 aliphatic heterocycles. The smallest absolute Gasteiger partial charge is 0.306 e. The van der Waals surface area contributed by atoms with Crippen molar-refractivity contribution < 1.29 is 14.3 Å². The van der Waals surface area contributed by atoms with Crippen LogP contribution in [0.15, 0.2) is 24.3 Å². The Morgan fingerprint density at radius 1 is 1.38 bits per heavy atom. The average molecular weight is 218 g/mol. The minimum absolute atomic E-state index is 0.116.